The highest BCUT2D eigenvalue weighted by Crippen LogP contribution is 2.35. The maximum absolute atomic E-state index is 12.4. The Morgan fingerprint density at radius 1 is 0.667 bits per heavy atom. The minimum atomic E-state index is -0.531. The summed E-state index contributed by atoms with van der Waals surface area (Å²) in [6.45, 7) is 0. The Labute approximate surface area is 157 Å². The summed E-state index contributed by atoms with van der Waals surface area (Å²) >= 11 is 0. The van der Waals surface area contributed by atoms with Crippen LogP contribution in [0.1, 0.15) is 22.6 Å². The minimum absolute atomic E-state index is 0.0627. The Bertz CT molecular complexity index is 1080. The third-order valence-electron chi connectivity index (χ3n) is 4.67. The Hall–Kier alpha value is -3.59. The molecule has 132 valence electrons. The molecule has 1 heterocycles. The number of hydrogen-bond acceptors (Lipinski definition) is 3. The average molecular weight is 354 g/mol. The summed E-state index contributed by atoms with van der Waals surface area (Å²) in [5.74, 6) is -0.472. The molecule has 3 heteroatoms. The van der Waals surface area contributed by atoms with Gasteiger partial charge >= 0.3 is 5.63 Å². The van der Waals surface area contributed by atoms with Crippen molar-refractivity contribution < 1.29 is 9.52 Å². The summed E-state index contributed by atoms with van der Waals surface area (Å²) in [7, 11) is 0. The number of aromatic hydroxyl groups is 1. The predicted octanol–water partition coefficient (Wildman–Crippen LogP) is 5.19. The van der Waals surface area contributed by atoms with Crippen molar-refractivity contribution in [3.63, 3.8) is 0 Å². The van der Waals surface area contributed by atoms with Crippen LogP contribution in [0.3, 0.4) is 0 Å². The van der Waals surface area contributed by atoms with Crippen molar-refractivity contribution in [2.24, 2.45) is 0 Å². The average Bonchev–Trinajstić information content (AvgIpc) is 2.72. The summed E-state index contributed by atoms with van der Waals surface area (Å²) in [6.07, 6.45) is 1.21. The van der Waals surface area contributed by atoms with Crippen molar-refractivity contribution in [2.75, 3.05) is 0 Å². The van der Waals surface area contributed by atoms with E-state index in [1.165, 1.54) is 12.3 Å². The van der Waals surface area contributed by atoms with Crippen molar-refractivity contribution in [3.05, 3.63) is 124 Å². The molecule has 0 aliphatic rings. The quantitative estimate of drug-likeness (QED) is 0.548. The van der Waals surface area contributed by atoms with Crippen molar-refractivity contribution in [2.45, 2.75) is 5.92 Å². The van der Waals surface area contributed by atoms with Gasteiger partial charge in [-0.15, -0.1) is 0 Å². The molecule has 3 nitrogen and oxygen atoms in total. The summed E-state index contributed by atoms with van der Waals surface area (Å²) in [6, 6.07) is 29.2. The minimum Gasteiger partial charge on any atom is -0.507 e. The van der Waals surface area contributed by atoms with Crippen LogP contribution >= 0.6 is 0 Å². The fourth-order valence-electron chi connectivity index (χ4n) is 3.35. The molecule has 1 unspecified atom stereocenters. The van der Waals surface area contributed by atoms with Gasteiger partial charge < -0.3 is 9.52 Å². The van der Waals surface area contributed by atoms with Crippen LogP contribution in [0.15, 0.2) is 106 Å². The first-order valence-corrected chi connectivity index (χ1v) is 8.75. The zero-order valence-electron chi connectivity index (χ0n) is 14.6. The molecule has 0 fully saturated rings. The third kappa shape index (κ3) is 3.40. The van der Waals surface area contributed by atoms with Crippen LogP contribution in [-0.4, -0.2) is 5.11 Å². The largest absolute Gasteiger partial charge is 0.507 e. The smallest absolute Gasteiger partial charge is 0.343 e. The molecule has 1 atom stereocenters. The van der Waals surface area contributed by atoms with Crippen LogP contribution in [0, 0.1) is 0 Å². The highest BCUT2D eigenvalue weighted by Gasteiger charge is 2.24. The van der Waals surface area contributed by atoms with Gasteiger partial charge in [-0.3, -0.25) is 0 Å². The van der Waals surface area contributed by atoms with Crippen molar-refractivity contribution >= 4 is 0 Å². The first-order chi connectivity index (χ1) is 13.2. The second kappa shape index (κ2) is 7.34. The lowest BCUT2D eigenvalue weighted by atomic mass is 9.85. The fraction of sp³-hybridized carbons (Fsp3) is 0.0417. The summed E-state index contributed by atoms with van der Waals surface area (Å²) in [5, 5.41) is 10.4. The van der Waals surface area contributed by atoms with Gasteiger partial charge in [-0.05, 0) is 22.3 Å². The lowest BCUT2D eigenvalue weighted by Crippen LogP contribution is -2.14. The van der Waals surface area contributed by atoms with E-state index in [4.69, 9.17) is 4.42 Å². The first kappa shape index (κ1) is 16.9. The Morgan fingerprint density at radius 3 is 1.85 bits per heavy atom. The van der Waals surface area contributed by atoms with Crippen molar-refractivity contribution in [1.29, 1.82) is 0 Å². The standard InChI is InChI=1S/C24H18O3/c25-21-15-16-27-24(26)23(21)22(19-9-5-2-6-10-19)20-13-11-18(12-14-20)17-7-3-1-4-8-17/h1-16,22,25H. The lowest BCUT2D eigenvalue weighted by molar-refractivity contribution is 0.433. The van der Waals surface area contributed by atoms with Crippen LogP contribution in [0.2, 0.25) is 0 Å². The highest BCUT2D eigenvalue weighted by atomic mass is 16.4. The third-order valence-corrected chi connectivity index (χ3v) is 4.67. The zero-order chi connectivity index (χ0) is 18.6. The van der Waals surface area contributed by atoms with Gasteiger partial charge in [0.05, 0.1) is 11.8 Å². The molecule has 1 N–H and O–H groups in total. The van der Waals surface area contributed by atoms with Gasteiger partial charge in [0.2, 0.25) is 0 Å². The van der Waals surface area contributed by atoms with Gasteiger partial charge in [0.25, 0.3) is 0 Å². The van der Waals surface area contributed by atoms with E-state index < -0.39 is 11.5 Å². The maximum atomic E-state index is 12.4. The van der Waals surface area contributed by atoms with Gasteiger partial charge in [-0.2, -0.15) is 0 Å². The van der Waals surface area contributed by atoms with E-state index in [0.29, 0.717) is 0 Å². The lowest BCUT2D eigenvalue weighted by Gasteiger charge is -2.18. The topological polar surface area (TPSA) is 50.4 Å². The van der Waals surface area contributed by atoms with Gasteiger partial charge in [-0.25, -0.2) is 4.79 Å². The molecule has 0 spiro atoms. The van der Waals surface area contributed by atoms with E-state index in [2.05, 4.69) is 12.1 Å². The molecule has 4 rings (SSSR count). The van der Waals surface area contributed by atoms with E-state index in [1.54, 1.807) is 0 Å². The van der Waals surface area contributed by atoms with Crippen molar-refractivity contribution in [3.8, 4) is 16.9 Å². The first-order valence-electron chi connectivity index (χ1n) is 8.75. The van der Waals surface area contributed by atoms with Gasteiger partial charge in [0, 0.05) is 12.0 Å². The molecule has 1 aromatic heterocycles. The Morgan fingerprint density at radius 2 is 1.22 bits per heavy atom. The summed E-state index contributed by atoms with van der Waals surface area (Å²) in [4.78, 5) is 12.4. The molecule has 3 aromatic carbocycles. The van der Waals surface area contributed by atoms with E-state index in [0.717, 1.165) is 22.3 Å². The van der Waals surface area contributed by atoms with E-state index in [-0.39, 0.29) is 11.3 Å². The molecule has 0 radical (unpaired) electrons. The monoisotopic (exact) mass is 354 g/mol. The van der Waals surface area contributed by atoms with E-state index in [1.807, 2.05) is 72.8 Å². The number of hydrogen-bond donors (Lipinski definition) is 1. The molecular weight excluding hydrogens is 336 g/mol. The number of benzene rings is 3. The van der Waals surface area contributed by atoms with E-state index in [9.17, 15) is 9.90 Å². The molecule has 0 saturated heterocycles. The summed E-state index contributed by atoms with van der Waals surface area (Å²) in [5.41, 5.74) is 3.76. The maximum Gasteiger partial charge on any atom is 0.343 e. The molecule has 27 heavy (non-hydrogen) atoms. The second-order valence-corrected chi connectivity index (χ2v) is 6.34. The van der Waals surface area contributed by atoms with Crippen molar-refractivity contribution in [1.82, 2.24) is 0 Å². The molecule has 0 amide bonds. The zero-order valence-corrected chi connectivity index (χ0v) is 14.6. The Kier molecular flexibility index (Phi) is 4.58. The van der Waals surface area contributed by atoms with Crippen LogP contribution in [0.25, 0.3) is 11.1 Å². The van der Waals surface area contributed by atoms with Crippen LogP contribution < -0.4 is 5.63 Å². The number of rotatable bonds is 4. The molecular formula is C24H18O3. The van der Waals surface area contributed by atoms with Crippen LogP contribution in [0.4, 0.5) is 0 Å². The van der Waals surface area contributed by atoms with Crippen LogP contribution in [-0.2, 0) is 0 Å². The summed E-state index contributed by atoms with van der Waals surface area (Å²) < 4.78 is 5.04. The van der Waals surface area contributed by atoms with Gasteiger partial charge in [-0.1, -0.05) is 84.9 Å². The predicted molar refractivity (Wildman–Crippen MR) is 106 cm³/mol. The second-order valence-electron chi connectivity index (χ2n) is 6.34. The molecule has 0 saturated carbocycles. The molecule has 0 aliphatic carbocycles. The van der Waals surface area contributed by atoms with Gasteiger partial charge in [0.15, 0.2) is 0 Å². The van der Waals surface area contributed by atoms with Gasteiger partial charge in [0.1, 0.15) is 5.75 Å². The fourth-order valence-corrected chi connectivity index (χ4v) is 3.35. The molecule has 0 aliphatic heterocycles. The van der Waals surface area contributed by atoms with E-state index >= 15 is 0 Å². The SMILES string of the molecule is O=c1occc(O)c1C(c1ccccc1)c1ccc(-c2ccccc2)cc1. The molecule has 0 bridgehead atoms. The normalized spacial score (nSPS) is 11.9. The Balaban J connectivity index is 1.84. The molecule has 4 aromatic rings. The highest BCUT2D eigenvalue weighted by molar-refractivity contribution is 5.64. The van der Waals surface area contributed by atoms with Crippen LogP contribution in [0.5, 0.6) is 5.75 Å².